The van der Waals surface area contributed by atoms with Crippen LogP contribution in [0.15, 0.2) is 24.3 Å². The van der Waals surface area contributed by atoms with E-state index in [0.717, 1.165) is 5.75 Å². The number of carbonyl (C=O) groups is 2. The third kappa shape index (κ3) is 7.11. The lowest BCUT2D eigenvalue weighted by atomic mass is 10.1. The van der Waals surface area contributed by atoms with E-state index >= 15 is 0 Å². The van der Waals surface area contributed by atoms with E-state index in [1.54, 1.807) is 24.3 Å². The van der Waals surface area contributed by atoms with Crippen molar-refractivity contribution in [3.8, 4) is 5.75 Å². The van der Waals surface area contributed by atoms with E-state index in [-0.39, 0.29) is 23.9 Å². The maximum Gasteiger partial charge on any atom is 0.251 e. The molecule has 0 saturated carbocycles. The molecule has 0 aromatic heterocycles. The zero-order valence-electron chi connectivity index (χ0n) is 14.0. The van der Waals surface area contributed by atoms with Gasteiger partial charge in [0.15, 0.2) is 0 Å². The van der Waals surface area contributed by atoms with Crippen LogP contribution in [-0.4, -0.2) is 30.5 Å². The Hall–Kier alpha value is -2.04. The summed E-state index contributed by atoms with van der Waals surface area (Å²) in [5, 5.41) is 5.39. The number of hydrogen-bond acceptors (Lipinski definition) is 3. The van der Waals surface area contributed by atoms with Gasteiger partial charge in [-0.1, -0.05) is 13.8 Å². The van der Waals surface area contributed by atoms with Crippen LogP contribution in [0.2, 0.25) is 0 Å². The Labute approximate surface area is 132 Å². The lowest BCUT2D eigenvalue weighted by Gasteiger charge is -2.20. The summed E-state index contributed by atoms with van der Waals surface area (Å²) in [5.41, 5.74) is 0.192. The van der Waals surface area contributed by atoms with Crippen molar-refractivity contribution in [1.82, 2.24) is 10.6 Å². The van der Waals surface area contributed by atoms with Crippen LogP contribution >= 0.6 is 0 Å². The number of carbonyl (C=O) groups excluding carboxylic acids is 2. The van der Waals surface area contributed by atoms with E-state index in [1.165, 1.54) is 0 Å². The number of ether oxygens (including phenoxy) is 1. The fraction of sp³-hybridized carbons (Fsp3) is 0.529. The molecule has 0 aliphatic rings. The molecular formula is C17H26N2O3. The maximum atomic E-state index is 12.0. The monoisotopic (exact) mass is 306 g/mol. The van der Waals surface area contributed by atoms with Crippen molar-refractivity contribution < 1.29 is 14.3 Å². The number of amides is 2. The molecule has 0 saturated heterocycles. The molecule has 0 bridgehead atoms. The average Bonchev–Trinajstić information content (AvgIpc) is 2.41. The quantitative estimate of drug-likeness (QED) is 0.848. The van der Waals surface area contributed by atoms with Crippen LogP contribution in [0, 0.1) is 5.92 Å². The van der Waals surface area contributed by atoms with Gasteiger partial charge in [-0.25, -0.2) is 0 Å². The minimum absolute atomic E-state index is 0.0400. The molecule has 1 aromatic rings. The molecule has 122 valence electrons. The number of nitrogens with one attached hydrogen (secondary N) is 2. The van der Waals surface area contributed by atoms with Crippen LogP contribution < -0.4 is 15.4 Å². The van der Waals surface area contributed by atoms with Gasteiger partial charge in [0.05, 0.1) is 13.2 Å². The highest BCUT2D eigenvalue weighted by molar-refractivity contribution is 5.96. The molecule has 0 unspecified atom stereocenters. The van der Waals surface area contributed by atoms with Gasteiger partial charge in [0.25, 0.3) is 5.91 Å². The molecule has 22 heavy (non-hydrogen) atoms. The zero-order valence-corrected chi connectivity index (χ0v) is 14.0. The minimum atomic E-state index is -0.308. The molecule has 2 N–H and O–H groups in total. The van der Waals surface area contributed by atoms with Gasteiger partial charge in [-0.3, -0.25) is 9.59 Å². The van der Waals surface area contributed by atoms with Gasteiger partial charge in [0.1, 0.15) is 5.75 Å². The Balaban J connectivity index is 2.47. The lowest BCUT2D eigenvalue weighted by Crippen LogP contribution is -2.45. The summed E-state index contributed by atoms with van der Waals surface area (Å²) in [6, 6.07) is 6.89. The molecule has 1 rings (SSSR count). The van der Waals surface area contributed by atoms with Gasteiger partial charge in [-0.2, -0.15) is 0 Å². The van der Waals surface area contributed by atoms with E-state index < -0.39 is 0 Å². The zero-order chi connectivity index (χ0) is 16.8. The Morgan fingerprint density at radius 1 is 1.14 bits per heavy atom. The van der Waals surface area contributed by atoms with Gasteiger partial charge in [0.2, 0.25) is 5.91 Å². The predicted octanol–water partition coefficient (Wildman–Crippen LogP) is 2.37. The van der Waals surface area contributed by atoms with Crippen molar-refractivity contribution in [3.63, 3.8) is 0 Å². The first kappa shape index (κ1) is 18.0. The smallest absolute Gasteiger partial charge is 0.251 e. The summed E-state index contributed by atoms with van der Waals surface area (Å²) < 4.78 is 5.56. The van der Waals surface area contributed by atoms with E-state index in [2.05, 4.69) is 24.5 Å². The first-order valence-corrected chi connectivity index (χ1v) is 7.49. The highest BCUT2D eigenvalue weighted by Crippen LogP contribution is 2.13. The number of rotatable bonds is 6. The lowest BCUT2D eigenvalue weighted by molar-refractivity contribution is -0.121. The molecule has 5 heteroatoms. The van der Waals surface area contributed by atoms with Crippen LogP contribution in [-0.2, 0) is 4.79 Å². The standard InChI is InChI=1S/C17H26N2O3/c1-12(2)11-22-14-8-6-13(7-9-14)16(21)18-10-15(20)19-17(3,4)5/h6-9,12H,10-11H2,1-5H3,(H,18,21)(H,19,20). The summed E-state index contributed by atoms with van der Waals surface area (Å²) in [4.78, 5) is 23.6. The predicted molar refractivity (Wildman–Crippen MR) is 87.0 cm³/mol. The summed E-state index contributed by atoms with van der Waals surface area (Å²) in [5.74, 6) is 0.692. The first-order chi connectivity index (χ1) is 10.2. The molecule has 0 spiro atoms. The second-order valence-electron chi connectivity index (χ2n) is 6.71. The summed E-state index contributed by atoms with van der Waals surface area (Å²) in [7, 11) is 0. The molecule has 0 aliphatic carbocycles. The highest BCUT2D eigenvalue weighted by Gasteiger charge is 2.14. The van der Waals surface area contributed by atoms with Crippen LogP contribution in [0.25, 0.3) is 0 Å². The van der Waals surface area contributed by atoms with Gasteiger partial charge in [0, 0.05) is 11.1 Å². The van der Waals surface area contributed by atoms with Crippen molar-refractivity contribution >= 4 is 11.8 Å². The van der Waals surface area contributed by atoms with Gasteiger partial charge in [-0.05, 0) is 51.0 Å². The summed E-state index contributed by atoms with van der Waals surface area (Å²) in [6.07, 6.45) is 0. The van der Waals surface area contributed by atoms with Crippen molar-refractivity contribution in [2.24, 2.45) is 5.92 Å². The average molecular weight is 306 g/mol. The Bertz CT molecular complexity index is 502. The highest BCUT2D eigenvalue weighted by atomic mass is 16.5. The van der Waals surface area contributed by atoms with Gasteiger partial charge in [-0.15, -0.1) is 0 Å². The van der Waals surface area contributed by atoms with Crippen LogP contribution in [0.1, 0.15) is 45.0 Å². The fourth-order valence-electron chi connectivity index (χ4n) is 1.69. The largest absolute Gasteiger partial charge is 0.493 e. The van der Waals surface area contributed by atoms with Crippen molar-refractivity contribution in [3.05, 3.63) is 29.8 Å². The van der Waals surface area contributed by atoms with E-state index in [9.17, 15) is 9.59 Å². The molecule has 0 atom stereocenters. The first-order valence-electron chi connectivity index (χ1n) is 7.49. The molecule has 5 nitrogen and oxygen atoms in total. The second-order valence-corrected chi connectivity index (χ2v) is 6.71. The molecular weight excluding hydrogens is 280 g/mol. The van der Waals surface area contributed by atoms with E-state index in [1.807, 2.05) is 20.8 Å². The second kappa shape index (κ2) is 7.82. The SMILES string of the molecule is CC(C)COc1ccc(C(=O)NCC(=O)NC(C)(C)C)cc1. The minimum Gasteiger partial charge on any atom is -0.493 e. The number of hydrogen-bond donors (Lipinski definition) is 2. The molecule has 0 heterocycles. The van der Waals surface area contributed by atoms with Crippen LogP contribution in [0.5, 0.6) is 5.75 Å². The van der Waals surface area contributed by atoms with Crippen molar-refractivity contribution in [1.29, 1.82) is 0 Å². The Morgan fingerprint density at radius 3 is 2.23 bits per heavy atom. The molecule has 0 radical (unpaired) electrons. The molecule has 2 amide bonds. The van der Waals surface area contributed by atoms with Gasteiger partial charge < -0.3 is 15.4 Å². The molecule has 0 fully saturated rings. The molecule has 0 aliphatic heterocycles. The third-order valence-corrected chi connectivity index (χ3v) is 2.62. The maximum absolute atomic E-state index is 12.0. The molecule has 1 aromatic carbocycles. The fourth-order valence-corrected chi connectivity index (χ4v) is 1.69. The Kier molecular flexibility index (Phi) is 6.40. The van der Waals surface area contributed by atoms with Gasteiger partial charge >= 0.3 is 0 Å². The number of benzene rings is 1. The Morgan fingerprint density at radius 2 is 1.73 bits per heavy atom. The summed E-state index contributed by atoms with van der Waals surface area (Å²) in [6.45, 7) is 10.4. The normalized spacial score (nSPS) is 11.2. The van der Waals surface area contributed by atoms with E-state index in [4.69, 9.17) is 4.74 Å². The third-order valence-electron chi connectivity index (χ3n) is 2.62. The summed E-state index contributed by atoms with van der Waals surface area (Å²) >= 11 is 0. The van der Waals surface area contributed by atoms with Crippen LogP contribution in [0.3, 0.4) is 0 Å². The van der Waals surface area contributed by atoms with Crippen molar-refractivity contribution in [2.75, 3.05) is 13.2 Å². The van der Waals surface area contributed by atoms with Crippen molar-refractivity contribution in [2.45, 2.75) is 40.2 Å². The van der Waals surface area contributed by atoms with Crippen LogP contribution in [0.4, 0.5) is 0 Å². The topological polar surface area (TPSA) is 67.4 Å². The van der Waals surface area contributed by atoms with E-state index in [0.29, 0.717) is 18.1 Å².